The van der Waals surface area contributed by atoms with Crippen molar-refractivity contribution < 1.29 is 12.8 Å². The molecule has 1 aromatic rings. The zero-order valence-electron chi connectivity index (χ0n) is 25.4. The average Bonchev–Trinajstić information content (AvgIpc) is 3.19. The zero-order valence-corrected chi connectivity index (χ0v) is 27.2. The van der Waals surface area contributed by atoms with Crippen LogP contribution in [0.5, 0.6) is 5.75 Å². The van der Waals surface area contributed by atoms with Crippen LogP contribution in [-0.4, -0.2) is 16.7 Å². The smallest absolute Gasteiger partial charge is 0.257 e. The molecule has 1 aromatic carbocycles. The summed E-state index contributed by atoms with van der Waals surface area (Å²) in [6.07, 6.45) is 14.7. The molecule has 0 bridgehead atoms. The number of hydrogen-bond donors (Lipinski definition) is 2. The maximum Gasteiger partial charge on any atom is 0.257 e. The Labute approximate surface area is 238 Å². The average molecular weight is 571 g/mol. The normalized spacial score (nSPS) is 32.9. The summed E-state index contributed by atoms with van der Waals surface area (Å²) in [4.78, 5) is 2.97. The van der Waals surface area contributed by atoms with E-state index in [-0.39, 0.29) is 15.3 Å². The maximum absolute atomic E-state index is 13.5. The van der Waals surface area contributed by atoms with Gasteiger partial charge in [-0.1, -0.05) is 64.8 Å². The highest BCUT2D eigenvalue weighted by Gasteiger charge is 2.56. The van der Waals surface area contributed by atoms with E-state index in [0.29, 0.717) is 23.0 Å². The molecular weight excluding hydrogens is 521 g/mol. The zero-order chi connectivity index (χ0) is 28.4. The number of allylic oxidation sites excluding steroid dienone is 4. The lowest BCUT2D eigenvalue weighted by Gasteiger charge is -2.57. The van der Waals surface area contributed by atoms with Crippen LogP contribution in [0.25, 0.3) is 0 Å². The molecule has 0 heterocycles. The number of sulfonamides is 1. The van der Waals surface area contributed by atoms with Gasteiger partial charge in [-0.05, 0) is 111 Å². The lowest BCUT2D eigenvalue weighted by atomic mass is 9.48. The Hall–Kier alpha value is -1.57. The molecule has 0 unspecified atom stereocenters. The molecular formula is C32H50N2O3SSi. The Morgan fingerprint density at radius 2 is 1.74 bits per heavy atom. The van der Waals surface area contributed by atoms with E-state index in [1.54, 1.807) is 17.7 Å². The third-order valence-electron chi connectivity index (χ3n) is 11.6. The first kappa shape index (κ1) is 28.9. The number of nitrogens with one attached hydrogen (secondary N) is 2. The van der Waals surface area contributed by atoms with Crippen molar-refractivity contribution in [2.75, 3.05) is 0 Å². The van der Waals surface area contributed by atoms with E-state index in [0.717, 1.165) is 30.0 Å². The van der Waals surface area contributed by atoms with Crippen LogP contribution in [0.15, 0.2) is 46.5 Å². The van der Waals surface area contributed by atoms with E-state index in [2.05, 4.69) is 70.1 Å². The maximum atomic E-state index is 13.5. The van der Waals surface area contributed by atoms with Crippen LogP contribution in [0.3, 0.4) is 0 Å². The first-order valence-electron chi connectivity index (χ1n) is 15.1. The van der Waals surface area contributed by atoms with E-state index in [1.807, 2.05) is 13.0 Å². The number of rotatable bonds is 6. The molecule has 0 aromatic heterocycles. The van der Waals surface area contributed by atoms with E-state index < -0.39 is 18.3 Å². The third-order valence-corrected chi connectivity index (χ3v) is 17.1. The molecule has 39 heavy (non-hydrogen) atoms. The number of benzene rings is 1. The van der Waals surface area contributed by atoms with Gasteiger partial charge in [0.1, 0.15) is 5.75 Å². The second kappa shape index (κ2) is 9.76. The molecule has 4 aliphatic rings. The van der Waals surface area contributed by atoms with Gasteiger partial charge >= 0.3 is 0 Å². The molecule has 4 aliphatic carbocycles. The fourth-order valence-electron chi connectivity index (χ4n) is 7.93. The van der Waals surface area contributed by atoms with Crippen molar-refractivity contribution in [2.45, 2.75) is 116 Å². The van der Waals surface area contributed by atoms with Gasteiger partial charge < -0.3 is 9.85 Å². The fraction of sp³-hybridized carbons (Fsp3) is 0.688. The quantitative estimate of drug-likeness (QED) is 0.206. The van der Waals surface area contributed by atoms with Crippen molar-refractivity contribution in [1.29, 1.82) is 0 Å². The highest BCUT2D eigenvalue weighted by atomic mass is 32.2. The molecule has 0 amide bonds. The standard InChI is InChI=1S/C32H50N2O3SSi/c1-22-12-14-24(21-28(22)37-39(7,8)30(2,3)4)38(35,36)34-33-29-17-16-26-25-15-13-23-11-9-10-19-31(23,5)27(25)18-20-32(26,29)6/h12-14,17,21,25-27,33-34H,9-11,15-16,18-20H2,1-8H3/t25-,26-,27-,31-,32-/m0/s1. The number of aryl methyl sites for hydroxylation is 1. The predicted octanol–water partition coefficient (Wildman–Crippen LogP) is 8.01. The van der Waals surface area contributed by atoms with Crippen molar-refractivity contribution >= 4 is 18.3 Å². The van der Waals surface area contributed by atoms with Gasteiger partial charge in [0.05, 0.1) is 4.90 Å². The van der Waals surface area contributed by atoms with Crippen LogP contribution in [0, 0.1) is 35.5 Å². The molecule has 5 rings (SSSR count). The molecule has 0 aliphatic heterocycles. The Bertz CT molecular complexity index is 1290. The van der Waals surface area contributed by atoms with Crippen LogP contribution in [0.1, 0.15) is 91.5 Å². The second-order valence-electron chi connectivity index (χ2n) is 14.8. The van der Waals surface area contributed by atoms with Crippen LogP contribution in [0.2, 0.25) is 18.1 Å². The van der Waals surface area contributed by atoms with Gasteiger partial charge in [0, 0.05) is 11.1 Å². The predicted molar refractivity (Wildman–Crippen MR) is 162 cm³/mol. The summed E-state index contributed by atoms with van der Waals surface area (Å²) in [5.74, 6) is 2.65. The topological polar surface area (TPSA) is 67.4 Å². The van der Waals surface area contributed by atoms with Gasteiger partial charge in [-0.15, -0.1) is 4.83 Å². The highest BCUT2D eigenvalue weighted by Crippen LogP contribution is 2.64. The van der Waals surface area contributed by atoms with Crippen LogP contribution in [0.4, 0.5) is 0 Å². The summed E-state index contributed by atoms with van der Waals surface area (Å²) in [6.45, 7) is 17.8. The summed E-state index contributed by atoms with van der Waals surface area (Å²) >= 11 is 0. The third kappa shape index (κ3) is 4.95. The van der Waals surface area contributed by atoms with Gasteiger partial charge in [0.2, 0.25) is 8.32 Å². The molecule has 2 N–H and O–H groups in total. The minimum atomic E-state index is -3.77. The Morgan fingerprint density at radius 3 is 2.46 bits per heavy atom. The van der Waals surface area contributed by atoms with E-state index in [1.165, 1.54) is 38.5 Å². The van der Waals surface area contributed by atoms with E-state index in [9.17, 15) is 8.42 Å². The summed E-state index contributed by atoms with van der Waals surface area (Å²) < 4.78 is 33.4. The Kier molecular flexibility index (Phi) is 7.24. The summed E-state index contributed by atoms with van der Waals surface area (Å²) in [7, 11) is -5.87. The van der Waals surface area contributed by atoms with Gasteiger partial charge in [-0.25, -0.2) is 8.42 Å². The molecule has 5 nitrogen and oxygen atoms in total. The van der Waals surface area contributed by atoms with Gasteiger partial charge in [0.25, 0.3) is 10.0 Å². The first-order chi connectivity index (χ1) is 18.1. The first-order valence-corrected chi connectivity index (χ1v) is 19.5. The molecule has 0 radical (unpaired) electrons. The minimum Gasteiger partial charge on any atom is -0.543 e. The van der Waals surface area contributed by atoms with E-state index >= 15 is 0 Å². The fourth-order valence-corrected chi connectivity index (χ4v) is 9.87. The van der Waals surface area contributed by atoms with Gasteiger partial charge in [0.15, 0.2) is 0 Å². The summed E-state index contributed by atoms with van der Waals surface area (Å²) in [5.41, 5.74) is 7.28. The highest BCUT2D eigenvalue weighted by molar-refractivity contribution is 7.89. The SMILES string of the molecule is Cc1ccc(S(=O)(=O)NNC2=CC[C@H]3[C@@H]4CC=C5CCCC[C@]5(C)[C@H]4CC[C@]23C)cc1O[Si](C)(C)C(C)(C)C. The molecule has 0 saturated heterocycles. The minimum absolute atomic E-state index is 0.0239. The van der Waals surface area contributed by atoms with E-state index in [4.69, 9.17) is 4.43 Å². The van der Waals surface area contributed by atoms with Crippen molar-refractivity contribution in [3.05, 3.63) is 47.2 Å². The molecule has 216 valence electrons. The van der Waals surface area contributed by atoms with Crippen molar-refractivity contribution in [2.24, 2.45) is 28.6 Å². The van der Waals surface area contributed by atoms with Crippen molar-refractivity contribution in [1.82, 2.24) is 10.3 Å². The largest absolute Gasteiger partial charge is 0.543 e. The Morgan fingerprint density at radius 1 is 1.00 bits per heavy atom. The summed E-state index contributed by atoms with van der Waals surface area (Å²) in [5, 5.41) is 0.0260. The number of fused-ring (bicyclic) bond motifs is 5. The molecule has 0 spiro atoms. The lowest BCUT2D eigenvalue weighted by Crippen LogP contribution is -2.51. The van der Waals surface area contributed by atoms with Gasteiger partial charge in [-0.2, -0.15) is 0 Å². The Balaban J connectivity index is 1.30. The van der Waals surface area contributed by atoms with Crippen LogP contribution < -0.4 is 14.7 Å². The van der Waals surface area contributed by atoms with Crippen molar-refractivity contribution in [3.63, 3.8) is 0 Å². The second-order valence-corrected chi connectivity index (χ2v) is 21.2. The van der Waals surface area contributed by atoms with Crippen LogP contribution >= 0.6 is 0 Å². The lowest BCUT2D eigenvalue weighted by molar-refractivity contribution is -0.0189. The molecule has 5 atom stereocenters. The summed E-state index contributed by atoms with van der Waals surface area (Å²) in [6, 6.07) is 5.21. The number of hydrazine groups is 1. The van der Waals surface area contributed by atoms with Gasteiger partial charge in [-0.3, -0.25) is 0 Å². The molecule has 7 heteroatoms. The van der Waals surface area contributed by atoms with Crippen LogP contribution in [-0.2, 0) is 10.0 Å². The number of hydrogen-bond acceptors (Lipinski definition) is 4. The van der Waals surface area contributed by atoms with Crippen molar-refractivity contribution in [3.8, 4) is 5.75 Å². The monoisotopic (exact) mass is 570 g/mol. The molecule has 2 fully saturated rings. The molecule has 2 saturated carbocycles.